The molecule has 2 nitrogen and oxygen atoms in total. The van der Waals surface area contributed by atoms with Crippen LogP contribution in [-0.4, -0.2) is 30.1 Å². The Morgan fingerprint density at radius 2 is 1.54 bits per heavy atom. The van der Waals surface area contributed by atoms with Gasteiger partial charge < -0.3 is 5.73 Å². The number of likely N-dealkylation sites (tertiary alicyclic amines) is 1. The van der Waals surface area contributed by atoms with Crippen molar-refractivity contribution in [2.24, 2.45) is 5.73 Å². The molecule has 1 saturated heterocycles. The van der Waals surface area contributed by atoms with Crippen LogP contribution >= 0.6 is 0 Å². The summed E-state index contributed by atoms with van der Waals surface area (Å²) >= 11 is 0. The largest absolute Gasteiger partial charge is 0.329 e. The van der Waals surface area contributed by atoms with E-state index >= 15 is 0 Å². The lowest BCUT2D eigenvalue weighted by atomic mass is 9.75. The first-order chi connectivity index (χ1) is 6.37. The lowest BCUT2D eigenvalue weighted by molar-refractivity contribution is 0.0263. The monoisotopic (exact) mass is 182 g/mol. The molecule has 2 aliphatic rings. The molecule has 1 heterocycles. The van der Waals surface area contributed by atoms with E-state index in [4.69, 9.17) is 5.73 Å². The van der Waals surface area contributed by atoms with Crippen LogP contribution in [0.5, 0.6) is 0 Å². The highest BCUT2D eigenvalue weighted by Crippen LogP contribution is 2.37. The summed E-state index contributed by atoms with van der Waals surface area (Å²) in [7, 11) is 0. The van der Waals surface area contributed by atoms with Gasteiger partial charge in [0.1, 0.15) is 0 Å². The molecular formula is C11H22N2. The third kappa shape index (κ3) is 1.75. The van der Waals surface area contributed by atoms with Crippen LogP contribution in [-0.2, 0) is 0 Å². The molecule has 1 aliphatic carbocycles. The molecule has 2 heteroatoms. The first kappa shape index (κ1) is 9.47. The quantitative estimate of drug-likeness (QED) is 0.705. The van der Waals surface area contributed by atoms with Crippen molar-refractivity contribution in [1.82, 2.24) is 4.90 Å². The molecule has 0 aromatic carbocycles. The highest BCUT2D eigenvalue weighted by atomic mass is 15.2. The van der Waals surface area contributed by atoms with E-state index in [-0.39, 0.29) is 0 Å². The van der Waals surface area contributed by atoms with Gasteiger partial charge in [0.05, 0.1) is 0 Å². The van der Waals surface area contributed by atoms with Crippen molar-refractivity contribution in [3.63, 3.8) is 0 Å². The van der Waals surface area contributed by atoms with Crippen molar-refractivity contribution in [3.05, 3.63) is 0 Å². The number of hydrogen-bond acceptors (Lipinski definition) is 2. The van der Waals surface area contributed by atoms with Crippen LogP contribution in [0.15, 0.2) is 0 Å². The van der Waals surface area contributed by atoms with Crippen molar-refractivity contribution in [2.75, 3.05) is 19.6 Å². The molecule has 13 heavy (non-hydrogen) atoms. The summed E-state index contributed by atoms with van der Waals surface area (Å²) in [5.41, 5.74) is 6.34. The molecule has 0 spiro atoms. The van der Waals surface area contributed by atoms with Crippen LogP contribution in [0.2, 0.25) is 0 Å². The van der Waals surface area contributed by atoms with E-state index in [9.17, 15) is 0 Å². The molecule has 0 radical (unpaired) electrons. The van der Waals surface area contributed by atoms with Gasteiger partial charge in [-0.1, -0.05) is 12.8 Å². The molecule has 0 unspecified atom stereocenters. The fourth-order valence-electron chi connectivity index (χ4n) is 2.78. The molecule has 2 rings (SSSR count). The van der Waals surface area contributed by atoms with Gasteiger partial charge in [-0.2, -0.15) is 0 Å². The third-order valence-corrected chi connectivity index (χ3v) is 3.94. The summed E-state index contributed by atoms with van der Waals surface area (Å²) in [4.78, 5) is 2.68. The zero-order valence-electron chi connectivity index (χ0n) is 8.60. The molecular weight excluding hydrogens is 160 g/mol. The number of nitrogens with two attached hydrogens (primary N) is 1. The van der Waals surface area contributed by atoms with E-state index in [1.54, 1.807) is 0 Å². The van der Waals surface area contributed by atoms with E-state index in [0.29, 0.717) is 5.54 Å². The van der Waals surface area contributed by atoms with Crippen molar-refractivity contribution < 1.29 is 0 Å². The average Bonchev–Trinajstić information content (AvgIpc) is 2.32. The van der Waals surface area contributed by atoms with Crippen LogP contribution in [0.25, 0.3) is 0 Å². The number of nitrogens with zero attached hydrogens (tertiary/aromatic N) is 1. The predicted octanol–water partition coefficient (Wildman–Crippen LogP) is 1.74. The lowest BCUT2D eigenvalue weighted by Crippen LogP contribution is -2.58. The van der Waals surface area contributed by atoms with E-state index < -0.39 is 0 Å². The maximum absolute atomic E-state index is 5.91. The van der Waals surface area contributed by atoms with Gasteiger partial charge in [0.25, 0.3) is 0 Å². The van der Waals surface area contributed by atoms with Crippen LogP contribution in [0, 0.1) is 0 Å². The fourth-order valence-corrected chi connectivity index (χ4v) is 2.78. The van der Waals surface area contributed by atoms with Gasteiger partial charge in [0, 0.05) is 12.1 Å². The van der Waals surface area contributed by atoms with E-state index in [1.165, 1.54) is 58.0 Å². The van der Waals surface area contributed by atoms with Crippen LogP contribution in [0.1, 0.15) is 44.9 Å². The summed E-state index contributed by atoms with van der Waals surface area (Å²) in [6.45, 7) is 3.49. The summed E-state index contributed by atoms with van der Waals surface area (Å²) < 4.78 is 0. The SMILES string of the molecule is NCC1(N2CCCCCC2)CCC1. The maximum atomic E-state index is 5.91. The Balaban J connectivity index is 1.95. The predicted molar refractivity (Wildman–Crippen MR) is 55.7 cm³/mol. The molecule has 0 bridgehead atoms. The molecule has 1 saturated carbocycles. The van der Waals surface area contributed by atoms with Crippen molar-refractivity contribution in [2.45, 2.75) is 50.5 Å². The van der Waals surface area contributed by atoms with Gasteiger partial charge in [-0.3, -0.25) is 4.90 Å². The van der Waals surface area contributed by atoms with Crippen molar-refractivity contribution in [3.8, 4) is 0 Å². The second kappa shape index (κ2) is 3.97. The zero-order chi connectivity index (χ0) is 9.15. The van der Waals surface area contributed by atoms with Crippen LogP contribution in [0.4, 0.5) is 0 Å². The van der Waals surface area contributed by atoms with Gasteiger partial charge in [0.2, 0.25) is 0 Å². The first-order valence-electron chi connectivity index (χ1n) is 5.82. The van der Waals surface area contributed by atoms with E-state index in [0.717, 1.165) is 6.54 Å². The van der Waals surface area contributed by atoms with Gasteiger partial charge >= 0.3 is 0 Å². The Hall–Kier alpha value is -0.0800. The smallest absolute Gasteiger partial charge is 0.0331 e. The minimum Gasteiger partial charge on any atom is -0.329 e. The average molecular weight is 182 g/mol. The topological polar surface area (TPSA) is 29.3 Å². The van der Waals surface area contributed by atoms with Crippen LogP contribution in [0.3, 0.4) is 0 Å². The fraction of sp³-hybridized carbons (Fsp3) is 1.00. The normalized spacial score (nSPS) is 29.3. The maximum Gasteiger partial charge on any atom is 0.0331 e. The molecule has 76 valence electrons. The summed E-state index contributed by atoms with van der Waals surface area (Å²) in [5.74, 6) is 0. The van der Waals surface area contributed by atoms with Gasteiger partial charge in [-0.25, -0.2) is 0 Å². The molecule has 0 atom stereocenters. The Kier molecular flexibility index (Phi) is 2.89. The third-order valence-electron chi connectivity index (χ3n) is 3.94. The number of hydrogen-bond donors (Lipinski definition) is 1. The summed E-state index contributed by atoms with van der Waals surface area (Å²) in [6.07, 6.45) is 9.73. The molecule has 2 N–H and O–H groups in total. The molecule has 2 fully saturated rings. The highest BCUT2D eigenvalue weighted by molar-refractivity contribution is 4.99. The molecule has 0 amide bonds. The minimum atomic E-state index is 0.435. The Labute approximate surface area is 81.5 Å². The summed E-state index contributed by atoms with van der Waals surface area (Å²) in [6, 6.07) is 0. The molecule has 0 aromatic rings. The Morgan fingerprint density at radius 1 is 0.923 bits per heavy atom. The molecule has 0 aromatic heterocycles. The Morgan fingerprint density at radius 3 is 1.92 bits per heavy atom. The standard InChI is InChI=1S/C11H22N2/c12-10-11(6-5-7-11)13-8-3-1-2-4-9-13/h1-10,12H2. The van der Waals surface area contributed by atoms with Gasteiger partial charge in [-0.05, 0) is 45.2 Å². The van der Waals surface area contributed by atoms with Crippen molar-refractivity contribution >= 4 is 0 Å². The van der Waals surface area contributed by atoms with E-state index in [2.05, 4.69) is 4.90 Å². The minimum absolute atomic E-state index is 0.435. The van der Waals surface area contributed by atoms with Gasteiger partial charge in [-0.15, -0.1) is 0 Å². The first-order valence-corrected chi connectivity index (χ1v) is 5.82. The second-order valence-corrected chi connectivity index (χ2v) is 4.68. The Bertz CT molecular complexity index is 150. The van der Waals surface area contributed by atoms with Crippen molar-refractivity contribution in [1.29, 1.82) is 0 Å². The summed E-state index contributed by atoms with van der Waals surface area (Å²) in [5, 5.41) is 0. The van der Waals surface area contributed by atoms with Gasteiger partial charge in [0.15, 0.2) is 0 Å². The highest BCUT2D eigenvalue weighted by Gasteiger charge is 2.40. The van der Waals surface area contributed by atoms with Crippen LogP contribution < -0.4 is 5.73 Å². The molecule has 1 aliphatic heterocycles. The lowest BCUT2D eigenvalue weighted by Gasteiger charge is -2.49. The van der Waals surface area contributed by atoms with E-state index in [1.807, 2.05) is 0 Å². The zero-order valence-corrected chi connectivity index (χ0v) is 8.60. The number of rotatable bonds is 2. The second-order valence-electron chi connectivity index (χ2n) is 4.68.